The summed E-state index contributed by atoms with van der Waals surface area (Å²) in [5.74, 6) is -0.999. The second-order valence-corrected chi connectivity index (χ2v) is 4.74. The van der Waals surface area contributed by atoms with Gasteiger partial charge < -0.3 is 9.82 Å². The Morgan fingerprint density at radius 2 is 2.05 bits per heavy atom. The standard InChI is InChI=1S/C15H9FN4O2/c16-10-5-6-11-9(7-10)8-13(17-11)15(21)22-20-14-4-2-1-3-12(14)18-19-20/h1-8,17H. The molecule has 0 saturated carbocycles. The first-order valence-electron chi connectivity index (χ1n) is 6.52. The molecule has 0 bridgehead atoms. The van der Waals surface area contributed by atoms with E-state index in [0.29, 0.717) is 21.9 Å². The second-order valence-electron chi connectivity index (χ2n) is 4.74. The molecule has 0 radical (unpaired) electrons. The van der Waals surface area contributed by atoms with Gasteiger partial charge in [0.25, 0.3) is 0 Å². The predicted octanol–water partition coefficient (Wildman–Crippen LogP) is 2.32. The Labute approximate surface area is 123 Å². The molecule has 0 aliphatic heterocycles. The van der Waals surface area contributed by atoms with E-state index in [0.717, 1.165) is 4.85 Å². The Morgan fingerprint density at radius 1 is 1.18 bits per heavy atom. The minimum Gasteiger partial charge on any atom is -0.349 e. The number of aromatic nitrogens is 4. The van der Waals surface area contributed by atoms with Gasteiger partial charge in [0.15, 0.2) is 0 Å². The lowest BCUT2D eigenvalue weighted by molar-refractivity contribution is 0.0403. The number of para-hydroxylation sites is 1. The van der Waals surface area contributed by atoms with E-state index < -0.39 is 5.97 Å². The minimum atomic E-state index is -0.632. The molecule has 0 amide bonds. The fourth-order valence-electron chi connectivity index (χ4n) is 2.26. The van der Waals surface area contributed by atoms with Gasteiger partial charge in [-0.1, -0.05) is 17.0 Å². The molecule has 1 N–H and O–H groups in total. The smallest absolute Gasteiger partial charge is 0.349 e. The van der Waals surface area contributed by atoms with Crippen LogP contribution in [-0.2, 0) is 0 Å². The molecule has 2 aromatic carbocycles. The van der Waals surface area contributed by atoms with Gasteiger partial charge in [0.05, 0.1) is 0 Å². The third kappa shape index (κ3) is 1.99. The summed E-state index contributed by atoms with van der Waals surface area (Å²) in [6.45, 7) is 0. The molecule has 6 nitrogen and oxygen atoms in total. The Kier molecular flexibility index (Phi) is 2.65. The number of rotatable bonds is 2. The van der Waals surface area contributed by atoms with Crippen molar-refractivity contribution in [2.24, 2.45) is 0 Å². The zero-order chi connectivity index (χ0) is 15.1. The average molecular weight is 296 g/mol. The number of aromatic amines is 1. The second kappa shape index (κ2) is 4.66. The first kappa shape index (κ1) is 12.5. The van der Waals surface area contributed by atoms with Gasteiger partial charge in [-0.25, -0.2) is 9.18 Å². The van der Waals surface area contributed by atoms with Crippen molar-refractivity contribution < 1.29 is 14.0 Å². The lowest BCUT2D eigenvalue weighted by atomic mass is 10.2. The van der Waals surface area contributed by atoms with Gasteiger partial charge in [0.1, 0.15) is 22.5 Å². The van der Waals surface area contributed by atoms with Gasteiger partial charge in [0, 0.05) is 10.9 Å². The number of carbonyl (C=O) groups excluding carboxylic acids is 1. The first-order chi connectivity index (χ1) is 10.7. The molecule has 0 unspecified atom stereocenters. The number of hydrogen-bond donors (Lipinski definition) is 1. The molecule has 0 spiro atoms. The maximum Gasteiger partial charge on any atom is 0.381 e. The van der Waals surface area contributed by atoms with Crippen LogP contribution in [-0.4, -0.2) is 26.1 Å². The van der Waals surface area contributed by atoms with Crippen molar-refractivity contribution in [3.8, 4) is 0 Å². The van der Waals surface area contributed by atoms with Crippen molar-refractivity contribution in [2.75, 3.05) is 0 Å². The molecule has 0 fully saturated rings. The highest BCUT2D eigenvalue weighted by Crippen LogP contribution is 2.17. The Bertz CT molecular complexity index is 1010. The highest BCUT2D eigenvalue weighted by molar-refractivity contribution is 5.95. The van der Waals surface area contributed by atoms with Crippen LogP contribution in [0.2, 0.25) is 0 Å². The normalized spacial score (nSPS) is 11.1. The highest BCUT2D eigenvalue weighted by atomic mass is 19.1. The molecule has 0 atom stereocenters. The molecule has 108 valence electrons. The van der Waals surface area contributed by atoms with Gasteiger partial charge in [-0.3, -0.25) is 0 Å². The van der Waals surface area contributed by atoms with Crippen LogP contribution in [0.3, 0.4) is 0 Å². The summed E-state index contributed by atoms with van der Waals surface area (Å²) in [5, 5.41) is 8.27. The van der Waals surface area contributed by atoms with E-state index in [1.165, 1.54) is 18.2 Å². The zero-order valence-corrected chi connectivity index (χ0v) is 11.2. The van der Waals surface area contributed by atoms with Crippen molar-refractivity contribution in [3.63, 3.8) is 0 Å². The summed E-state index contributed by atoms with van der Waals surface area (Å²) in [5.41, 5.74) is 2.06. The summed E-state index contributed by atoms with van der Waals surface area (Å²) < 4.78 is 13.2. The first-order valence-corrected chi connectivity index (χ1v) is 6.52. The number of H-pyrrole nitrogens is 1. The number of hydrogen-bond acceptors (Lipinski definition) is 4. The fraction of sp³-hybridized carbons (Fsp3) is 0. The van der Waals surface area contributed by atoms with E-state index in [1.54, 1.807) is 24.3 Å². The Hall–Kier alpha value is -3.22. The van der Waals surface area contributed by atoms with Gasteiger partial charge in [-0.05, 0) is 41.6 Å². The van der Waals surface area contributed by atoms with E-state index in [1.807, 2.05) is 6.07 Å². The summed E-state index contributed by atoms with van der Waals surface area (Å²) >= 11 is 0. The van der Waals surface area contributed by atoms with E-state index >= 15 is 0 Å². The maximum atomic E-state index is 13.2. The molecular formula is C15H9FN4O2. The predicted molar refractivity (Wildman–Crippen MR) is 76.7 cm³/mol. The van der Waals surface area contributed by atoms with Crippen LogP contribution in [0, 0.1) is 5.82 Å². The van der Waals surface area contributed by atoms with Crippen LogP contribution in [0.5, 0.6) is 0 Å². The van der Waals surface area contributed by atoms with Crippen molar-refractivity contribution in [3.05, 3.63) is 60.0 Å². The van der Waals surface area contributed by atoms with E-state index in [4.69, 9.17) is 4.84 Å². The van der Waals surface area contributed by atoms with Gasteiger partial charge in [0.2, 0.25) is 0 Å². The van der Waals surface area contributed by atoms with Gasteiger partial charge >= 0.3 is 5.97 Å². The fourth-order valence-corrected chi connectivity index (χ4v) is 2.26. The lowest BCUT2D eigenvalue weighted by Crippen LogP contribution is -2.21. The highest BCUT2D eigenvalue weighted by Gasteiger charge is 2.15. The average Bonchev–Trinajstić information content (AvgIpc) is 3.11. The molecule has 0 aliphatic carbocycles. The summed E-state index contributed by atoms with van der Waals surface area (Å²) in [6, 6.07) is 12.9. The van der Waals surface area contributed by atoms with Crippen molar-refractivity contribution in [1.29, 1.82) is 0 Å². The van der Waals surface area contributed by atoms with Gasteiger partial charge in [-0.15, -0.1) is 5.10 Å². The Morgan fingerprint density at radius 3 is 2.95 bits per heavy atom. The van der Waals surface area contributed by atoms with Crippen LogP contribution in [0.25, 0.3) is 21.9 Å². The van der Waals surface area contributed by atoms with Crippen LogP contribution in [0.4, 0.5) is 4.39 Å². The summed E-state index contributed by atoms with van der Waals surface area (Å²) in [7, 11) is 0. The van der Waals surface area contributed by atoms with Crippen LogP contribution < -0.4 is 4.84 Å². The van der Waals surface area contributed by atoms with E-state index in [-0.39, 0.29) is 11.5 Å². The lowest BCUT2D eigenvalue weighted by Gasteiger charge is -2.01. The number of carbonyl (C=O) groups is 1. The Balaban J connectivity index is 1.68. The molecule has 2 aromatic heterocycles. The van der Waals surface area contributed by atoms with Crippen LogP contribution in [0.15, 0.2) is 48.5 Å². The molecule has 0 aliphatic rings. The quantitative estimate of drug-likeness (QED) is 0.576. The topological polar surface area (TPSA) is 72.8 Å². The van der Waals surface area contributed by atoms with Crippen LogP contribution >= 0.6 is 0 Å². The number of nitrogens with zero attached hydrogens (tertiary/aromatic N) is 3. The van der Waals surface area contributed by atoms with Crippen molar-refractivity contribution >= 4 is 27.9 Å². The zero-order valence-electron chi connectivity index (χ0n) is 11.2. The van der Waals surface area contributed by atoms with Crippen LogP contribution in [0.1, 0.15) is 10.5 Å². The SMILES string of the molecule is O=C(On1nnc2ccccc21)c1cc2cc(F)ccc2[nH]1. The number of benzene rings is 2. The number of fused-ring (bicyclic) bond motifs is 2. The number of halogens is 1. The van der Waals surface area contributed by atoms with Crippen molar-refractivity contribution in [2.45, 2.75) is 0 Å². The molecule has 22 heavy (non-hydrogen) atoms. The molecule has 4 rings (SSSR count). The molecule has 2 heterocycles. The third-order valence-corrected chi connectivity index (χ3v) is 3.29. The number of nitrogens with one attached hydrogen (secondary N) is 1. The monoisotopic (exact) mass is 296 g/mol. The molecule has 0 saturated heterocycles. The third-order valence-electron chi connectivity index (χ3n) is 3.29. The maximum absolute atomic E-state index is 13.2. The summed E-state index contributed by atoms with van der Waals surface area (Å²) in [4.78, 5) is 21.3. The van der Waals surface area contributed by atoms with Gasteiger partial charge in [-0.2, -0.15) is 0 Å². The van der Waals surface area contributed by atoms with Crippen molar-refractivity contribution in [1.82, 2.24) is 20.1 Å². The molecule has 4 aromatic rings. The van der Waals surface area contributed by atoms with E-state index in [9.17, 15) is 9.18 Å². The summed E-state index contributed by atoms with van der Waals surface area (Å²) in [6.07, 6.45) is 0. The minimum absolute atomic E-state index is 0.209. The largest absolute Gasteiger partial charge is 0.381 e. The van der Waals surface area contributed by atoms with E-state index in [2.05, 4.69) is 15.3 Å². The molecular weight excluding hydrogens is 287 g/mol. The molecule has 7 heteroatoms.